The normalized spacial score (nSPS) is 17.7. The number of aromatic amines is 1. The molecule has 5 heterocycles. The van der Waals surface area contributed by atoms with Gasteiger partial charge in [0.2, 0.25) is 0 Å². The Bertz CT molecular complexity index is 1990. The van der Waals surface area contributed by atoms with Crippen LogP contribution in [0.2, 0.25) is 0 Å². The minimum atomic E-state index is -4.28. The summed E-state index contributed by atoms with van der Waals surface area (Å²) >= 11 is 1.07. The number of aromatic nitrogens is 5. The van der Waals surface area contributed by atoms with Crippen LogP contribution >= 0.6 is 11.3 Å². The van der Waals surface area contributed by atoms with Gasteiger partial charge in [0, 0.05) is 53.6 Å². The van der Waals surface area contributed by atoms with Crippen LogP contribution in [0.3, 0.4) is 0 Å². The zero-order chi connectivity index (χ0) is 32.3. The summed E-state index contributed by atoms with van der Waals surface area (Å²) < 4.78 is 41.4. The Kier molecular flexibility index (Phi) is 9.05. The number of allylic oxidation sites excluding steroid dienone is 1. The Morgan fingerprint density at radius 3 is 2.76 bits per heavy atom. The number of thiophene rings is 1. The lowest BCUT2D eigenvalue weighted by Crippen LogP contribution is -2.37. The van der Waals surface area contributed by atoms with Crippen molar-refractivity contribution in [2.45, 2.75) is 44.4 Å². The Hall–Kier alpha value is -4.73. The van der Waals surface area contributed by atoms with Crippen molar-refractivity contribution in [3.63, 3.8) is 0 Å². The van der Waals surface area contributed by atoms with E-state index in [9.17, 15) is 18.4 Å². The third-order valence-corrected chi connectivity index (χ3v) is 9.38. The maximum Gasteiger partial charge on any atom is 0.393 e. The lowest BCUT2D eigenvalue weighted by molar-refractivity contribution is -0.126. The monoisotopic (exact) mass is 642 g/mol. The average Bonchev–Trinajstić information content (AvgIpc) is 3.84. The number of nitriles is 1. The van der Waals surface area contributed by atoms with Gasteiger partial charge in [-0.05, 0) is 35.4 Å². The molecular formula is C34H33F3N8S. The average molecular weight is 643 g/mol. The molecule has 2 unspecified atom stereocenters. The van der Waals surface area contributed by atoms with E-state index < -0.39 is 12.6 Å². The molecule has 6 rings (SSSR count). The van der Waals surface area contributed by atoms with Crippen LogP contribution in [0.25, 0.3) is 22.9 Å². The summed E-state index contributed by atoms with van der Waals surface area (Å²) in [6.45, 7) is 8.73. The highest BCUT2D eigenvalue weighted by atomic mass is 32.1. The van der Waals surface area contributed by atoms with Gasteiger partial charge in [0.15, 0.2) is 0 Å². The molecule has 12 heteroatoms. The fraction of sp³-hybridized carbons (Fsp3) is 0.294. The molecule has 1 aliphatic heterocycles. The molecule has 1 saturated heterocycles. The molecule has 0 spiro atoms. The highest BCUT2D eigenvalue weighted by Crippen LogP contribution is 2.37. The van der Waals surface area contributed by atoms with Gasteiger partial charge in [-0.25, -0.2) is 9.97 Å². The zero-order valence-corrected chi connectivity index (χ0v) is 26.1. The lowest BCUT2D eigenvalue weighted by Gasteiger charge is -2.20. The Morgan fingerprint density at radius 2 is 2.04 bits per heavy atom. The van der Waals surface area contributed by atoms with Crippen LogP contribution in [0.5, 0.6) is 0 Å². The van der Waals surface area contributed by atoms with Gasteiger partial charge in [0.25, 0.3) is 0 Å². The van der Waals surface area contributed by atoms with Crippen LogP contribution in [0.4, 0.5) is 19.0 Å². The second kappa shape index (κ2) is 13.3. The van der Waals surface area contributed by atoms with Crippen LogP contribution < -0.4 is 20.8 Å². The number of nitrogens with zero attached hydrogens (tertiary/aromatic N) is 6. The maximum absolute atomic E-state index is 13.1. The molecule has 0 amide bonds. The summed E-state index contributed by atoms with van der Waals surface area (Å²) in [4.78, 5) is 11.8. The smallest absolute Gasteiger partial charge is 0.354 e. The lowest BCUT2D eigenvalue weighted by atomic mass is 9.94. The Balaban J connectivity index is 1.26. The van der Waals surface area contributed by atoms with Gasteiger partial charge >= 0.3 is 6.18 Å². The van der Waals surface area contributed by atoms with Crippen molar-refractivity contribution in [3.05, 3.63) is 105 Å². The maximum atomic E-state index is 13.1. The van der Waals surface area contributed by atoms with Gasteiger partial charge < -0.3 is 14.8 Å². The molecule has 0 bridgehead atoms. The number of H-pyrrole nitrogens is 1. The predicted octanol–water partition coefficient (Wildman–Crippen LogP) is 5.03. The third-order valence-electron chi connectivity index (χ3n) is 8.34. The molecule has 0 saturated carbocycles. The van der Waals surface area contributed by atoms with Gasteiger partial charge in [0.05, 0.1) is 24.5 Å². The molecule has 5 aromatic rings. The summed E-state index contributed by atoms with van der Waals surface area (Å²) in [5, 5.41) is 22.6. The van der Waals surface area contributed by atoms with E-state index in [2.05, 4.69) is 68.2 Å². The van der Waals surface area contributed by atoms with E-state index in [1.165, 1.54) is 17.5 Å². The highest BCUT2D eigenvalue weighted by Gasteiger charge is 2.35. The Labute approximate surface area is 268 Å². The van der Waals surface area contributed by atoms with Crippen molar-refractivity contribution in [1.82, 2.24) is 30.0 Å². The molecule has 2 N–H and O–H groups in total. The van der Waals surface area contributed by atoms with Gasteiger partial charge in [-0.15, -0.1) is 11.3 Å². The molecular weight excluding hydrogens is 609 g/mol. The Morgan fingerprint density at radius 1 is 1.22 bits per heavy atom. The fourth-order valence-electron chi connectivity index (χ4n) is 6.04. The quantitative estimate of drug-likeness (QED) is 0.222. The van der Waals surface area contributed by atoms with Crippen LogP contribution in [-0.2, 0) is 13.0 Å². The van der Waals surface area contributed by atoms with Crippen molar-refractivity contribution < 1.29 is 13.2 Å². The first-order valence-electron chi connectivity index (χ1n) is 15.0. The van der Waals surface area contributed by atoms with Crippen LogP contribution in [0, 0.1) is 11.3 Å². The molecule has 0 aliphatic carbocycles. The number of fused-ring (bicyclic) bond motifs is 1. The molecule has 4 aromatic heterocycles. The third kappa shape index (κ3) is 6.90. The topological polar surface area (TPSA) is 98.4 Å². The number of benzene rings is 1. The number of anilines is 1. The summed E-state index contributed by atoms with van der Waals surface area (Å²) in [5.41, 5.74) is 3.86. The largest absolute Gasteiger partial charge is 0.393 e. The van der Waals surface area contributed by atoms with Gasteiger partial charge in [-0.1, -0.05) is 55.5 Å². The van der Waals surface area contributed by atoms with Crippen molar-refractivity contribution >= 4 is 40.0 Å². The van der Waals surface area contributed by atoms with E-state index in [1.807, 2.05) is 35.0 Å². The fourth-order valence-corrected chi connectivity index (χ4v) is 7.06. The second-order valence-corrected chi connectivity index (χ2v) is 12.5. The van der Waals surface area contributed by atoms with Crippen LogP contribution in [-0.4, -0.2) is 56.6 Å². The molecule has 1 aliphatic rings. The van der Waals surface area contributed by atoms with E-state index in [-0.39, 0.29) is 16.8 Å². The summed E-state index contributed by atoms with van der Waals surface area (Å²) in [6, 6.07) is 16.0. The molecule has 0 radical (unpaired) electrons. The van der Waals surface area contributed by atoms with Gasteiger partial charge in [-0.3, -0.25) is 5.10 Å². The van der Waals surface area contributed by atoms with Crippen LogP contribution in [0.15, 0.2) is 72.8 Å². The number of hydrogen-bond donors (Lipinski definition) is 2. The number of rotatable bonds is 10. The van der Waals surface area contributed by atoms with Gasteiger partial charge in [-0.2, -0.15) is 23.5 Å². The minimum Gasteiger partial charge on any atom is -0.354 e. The first-order chi connectivity index (χ1) is 22.2. The molecule has 8 nitrogen and oxygen atoms in total. The van der Waals surface area contributed by atoms with Crippen molar-refractivity contribution in [2.75, 3.05) is 24.5 Å². The van der Waals surface area contributed by atoms with Crippen molar-refractivity contribution in [1.29, 1.82) is 5.26 Å². The first-order valence-corrected chi connectivity index (χ1v) is 15.8. The minimum absolute atomic E-state index is 0.0641. The number of halogens is 3. The summed E-state index contributed by atoms with van der Waals surface area (Å²) in [6.07, 6.45) is 4.66. The van der Waals surface area contributed by atoms with E-state index in [0.717, 1.165) is 33.9 Å². The summed E-state index contributed by atoms with van der Waals surface area (Å²) in [5.74, 6) is 0.799. The van der Waals surface area contributed by atoms with Crippen LogP contribution in [0.1, 0.15) is 41.0 Å². The molecule has 236 valence electrons. The summed E-state index contributed by atoms with van der Waals surface area (Å²) in [7, 11) is 0. The molecule has 2 atom stereocenters. The second-order valence-electron chi connectivity index (χ2n) is 11.4. The molecule has 1 aromatic carbocycles. The van der Waals surface area contributed by atoms with E-state index in [1.54, 1.807) is 18.3 Å². The zero-order valence-electron chi connectivity index (χ0n) is 25.3. The standard InChI is InChI=1S/C34H33F3N8S/c1-3-23(9-10-31-22(2)11-26(14-38)45(31)18-24-16-42-43-17-24)15-39-30-20-44(19-29(30)25-7-5-4-6-8-25)32-28-12-27(13-34(35,36)37)46-33(28)41-21-40-32/h4-12,16-17,21,29-30,39H,2-3,13,15,18-20H2,1H3,(H,42,43)/b23-9+,31-10+. The SMILES string of the molecule is C=c1cc(C#N)n(Cc2cn[nH]c2)/c1=C/C=C(\CC)CNC1CN(c2ncnc3sc(CC(F)(F)F)cc23)CC1c1ccccc1. The number of nitrogens with one attached hydrogen (secondary N) is 2. The highest BCUT2D eigenvalue weighted by molar-refractivity contribution is 7.18. The predicted molar refractivity (Wildman–Crippen MR) is 175 cm³/mol. The van der Waals surface area contributed by atoms with E-state index >= 15 is 0 Å². The number of hydrogen-bond acceptors (Lipinski definition) is 7. The first kappa shape index (κ1) is 31.3. The van der Waals surface area contributed by atoms with E-state index in [4.69, 9.17) is 0 Å². The molecule has 1 fully saturated rings. The van der Waals surface area contributed by atoms with Crippen molar-refractivity contribution in [3.8, 4) is 6.07 Å². The van der Waals surface area contributed by atoms with Crippen molar-refractivity contribution in [2.24, 2.45) is 0 Å². The number of alkyl halides is 3. The van der Waals surface area contributed by atoms with E-state index in [0.29, 0.717) is 47.9 Å². The van der Waals surface area contributed by atoms with Gasteiger partial charge in [0.1, 0.15) is 28.7 Å². The molecule has 46 heavy (non-hydrogen) atoms.